The van der Waals surface area contributed by atoms with E-state index < -0.39 is 0 Å². The lowest BCUT2D eigenvalue weighted by atomic mass is 10.1. The van der Waals surface area contributed by atoms with Crippen LogP contribution in [0.2, 0.25) is 0 Å². The SMILES string of the molecule is Cc1nc(NC(=O)Cc2ccc(C(N)=S)cc2)sc1C. The summed E-state index contributed by atoms with van der Waals surface area (Å²) in [6.45, 7) is 3.91. The van der Waals surface area contributed by atoms with Gasteiger partial charge in [0.05, 0.1) is 12.1 Å². The van der Waals surface area contributed by atoms with Crippen molar-refractivity contribution in [1.29, 1.82) is 0 Å². The minimum absolute atomic E-state index is 0.0816. The lowest BCUT2D eigenvalue weighted by molar-refractivity contribution is -0.115. The number of thiazole rings is 1. The number of nitrogens with two attached hydrogens (primary N) is 1. The Balaban J connectivity index is 1.99. The number of benzene rings is 1. The third-order valence-corrected chi connectivity index (χ3v) is 4.10. The number of aryl methyl sites for hydroxylation is 2. The quantitative estimate of drug-likeness (QED) is 0.852. The van der Waals surface area contributed by atoms with Crippen LogP contribution in [0.4, 0.5) is 5.13 Å². The van der Waals surface area contributed by atoms with Gasteiger partial charge < -0.3 is 11.1 Å². The van der Waals surface area contributed by atoms with Gasteiger partial charge in [0.2, 0.25) is 5.91 Å². The van der Waals surface area contributed by atoms with Crippen molar-refractivity contribution >= 4 is 39.6 Å². The molecule has 0 saturated heterocycles. The van der Waals surface area contributed by atoms with Crippen molar-refractivity contribution in [3.63, 3.8) is 0 Å². The van der Waals surface area contributed by atoms with Gasteiger partial charge in [0.1, 0.15) is 4.99 Å². The van der Waals surface area contributed by atoms with Crippen molar-refractivity contribution in [2.75, 3.05) is 5.32 Å². The van der Waals surface area contributed by atoms with Gasteiger partial charge in [-0.15, -0.1) is 11.3 Å². The van der Waals surface area contributed by atoms with E-state index in [2.05, 4.69) is 10.3 Å². The molecule has 2 aromatic rings. The van der Waals surface area contributed by atoms with Crippen molar-refractivity contribution in [2.45, 2.75) is 20.3 Å². The van der Waals surface area contributed by atoms with E-state index >= 15 is 0 Å². The molecule has 20 heavy (non-hydrogen) atoms. The van der Waals surface area contributed by atoms with Crippen molar-refractivity contribution in [3.8, 4) is 0 Å². The maximum absolute atomic E-state index is 11.9. The Morgan fingerprint density at radius 3 is 2.50 bits per heavy atom. The van der Waals surface area contributed by atoms with Crippen LogP contribution in [0.3, 0.4) is 0 Å². The number of thiocarbonyl (C=S) groups is 1. The summed E-state index contributed by atoms with van der Waals surface area (Å²) in [5.74, 6) is -0.0816. The van der Waals surface area contributed by atoms with E-state index in [-0.39, 0.29) is 5.91 Å². The highest BCUT2D eigenvalue weighted by Crippen LogP contribution is 2.21. The summed E-state index contributed by atoms with van der Waals surface area (Å²) in [6.07, 6.45) is 0.301. The Kier molecular flexibility index (Phi) is 4.46. The number of hydrogen-bond donors (Lipinski definition) is 2. The largest absolute Gasteiger partial charge is 0.389 e. The van der Waals surface area contributed by atoms with E-state index in [0.29, 0.717) is 16.5 Å². The van der Waals surface area contributed by atoms with E-state index in [1.165, 1.54) is 11.3 Å². The summed E-state index contributed by atoms with van der Waals surface area (Å²) in [4.78, 5) is 17.7. The summed E-state index contributed by atoms with van der Waals surface area (Å²) in [6, 6.07) is 7.35. The zero-order valence-electron chi connectivity index (χ0n) is 11.3. The van der Waals surface area contributed by atoms with Gasteiger partial charge >= 0.3 is 0 Å². The maximum atomic E-state index is 11.9. The molecule has 2 rings (SSSR count). The molecule has 0 aliphatic carbocycles. The van der Waals surface area contributed by atoms with Crippen molar-refractivity contribution in [3.05, 3.63) is 46.0 Å². The van der Waals surface area contributed by atoms with E-state index in [1.807, 2.05) is 38.1 Å². The fourth-order valence-electron chi connectivity index (χ4n) is 1.66. The Morgan fingerprint density at radius 2 is 2.00 bits per heavy atom. The molecule has 0 fully saturated rings. The van der Waals surface area contributed by atoms with Crippen molar-refractivity contribution in [2.24, 2.45) is 5.73 Å². The van der Waals surface area contributed by atoms with E-state index in [0.717, 1.165) is 21.7 Å². The summed E-state index contributed by atoms with van der Waals surface area (Å²) in [7, 11) is 0. The molecular formula is C14H15N3OS2. The van der Waals surface area contributed by atoms with Gasteiger partial charge in [0.25, 0.3) is 0 Å². The van der Waals surface area contributed by atoms with Crippen LogP contribution < -0.4 is 11.1 Å². The summed E-state index contributed by atoms with van der Waals surface area (Å²) in [5, 5.41) is 3.45. The zero-order valence-corrected chi connectivity index (χ0v) is 12.9. The van der Waals surface area contributed by atoms with Gasteiger partial charge in [-0.1, -0.05) is 36.5 Å². The first kappa shape index (κ1) is 14.6. The van der Waals surface area contributed by atoms with Crippen LogP contribution in [0.5, 0.6) is 0 Å². The predicted molar refractivity (Wildman–Crippen MR) is 86.3 cm³/mol. The van der Waals surface area contributed by atoms with Gasteiger partial charge in [-0.2, -0.15) is 0 Å². The summed E-state index contributed by atoms with van der Waals surface area (Å²) in [5.41, 5.74) is 8.19. The van der Waals surface area contributed by atoms with Crippen LogP contribution in [0, 0.1) is 13.8 Å². The van der Waals surface area contributed by atoms with Crippen LogP contribution in [-0.2, 0) is 11.2 Å². The minimum atomic E-state index is -0.0816. The number of carbonyl (C=O) groups excluding carboxylic acids is 1. The molecule has 104 valence electrons. The molecule has 0 aliphatic rings. The fraction of sp³-hybridized carbons (Fsp3) is 0.214. The average molecular weight is 305 g/mol. The standard InChI is InChI=1S/C14H15N3OS2/c1-8-9(2)20-14(16-8)17-12(18)7-10-3-5-11(6-4-10)13(15)19/h3-6H,7H2,1-2H3,(H2,15,19)(H,16,17,18). The first-order chi connectivity index (χ1) is 9.45. The highest BCUT2D eigenvalue weighted by atomic mass is 32.1. The Morgan fingerprint density at radius 1 is 1.35 bits per heavy atom. The Labute approximate surface area is 127 Å². The van der Waals surface area contributed by atoms with Crippen LogP contribution >= 0.6 is 23.6 Å². The number of anilines is 1. The predicted octanol–water partition coefficient (Wildman–Crippen LogP) is 2.58. The molecule has 3 N–H and O–H groups in total. The molecule has 1 aromatic carbocycles. The van der Waals surface area contributed by atoms with Crippen LogP contribution in [0.1, 0.15) is 21.7 Å². The number of nitrogens with one attached hydrogen (secondary N) is 1. The number of aromatic nitrogens is 1. The number of carbonyl (C=O) groups is 1. The van der Waals surface area contributed by atoms with Crippen LogP contribution in [0.25, 0.3) is 0 Å². The van der Waals surface area contributed by atoms with E-state index in [4.69, 9.17) is 18.0 Å². The second kappa shape index (κ2) is 6.11. The van der Waals surface area contributed by atoms with E-state index in [9.17, 15) is 4.79 Å². The van der Waals surface area contributed by atoms with Gasteiger partial charge in [0, 0.05) is 10.4 Å². The summed E-state index contributed by atoms with van der Waals surface area (Å²) >= 11 is 6.37. The molecule has 4 nitrogen and oxygen atoms in total. The third-order valence-electron chi connectivity index (χ3n) is 2.88. The monoisotopic (exact) mass is 305 g/mol. The molecule has 0 unspecified atom stereocenters. The third kappa shape index (κ3) is 3.61. The molecule has 1 aromatic heterocycles. The lowest BCUT2D eigenvalue weighted by Gasteiger charge is -2.03. The first-order valence-electron chi connectivity index (χ1n) is 6.08. The molecule has 0 radical (unpaired) electrons. The first-order valence-corrected chi connectivity index (χ1v) is 7.31. The van der Waals surface area contributed by atoms with Gasteiger partial charge in [-0.25, -0.2) is 4.98 Å². The van der Waals surface area contributed by atoms with Crippen molar-refractivity contribution in [1.82, 2.24) is 4.98 Å². The topological polar surface area (TPSA) is 68.0 Å². The normalized spacial score (nSPS) is 10.3. The fourth-order valence-corrected chi connectivity index (χ4v) is 2.63. The zero-order chi connectivity index (χ0) is 14.7. The average Bonchev–Trinajstić information content (AvgIpc) is 2.68. The highest BCUT2D eigenvalue weighted by molar-refractivity contribution is 7.80. The lowest BCUT2D eigenvalue weighted by Crippen LogP contribution is -2.14. The van der Waals surface area contributed by atoms with Gasteiger partial charge in [-0.3, -0.25) is 4.79 Å². The Hall–Kier alpha value is -1.79. The molecule has 0 bridgehead atoms. The summed E-state index contributed by atoms with van der Waals surface area (Å²) < 4.78 is 0. The molecule has 6 heteroatoms. The second-order valence-corrected chi connectivity index (χ2v) is 6.09. The minimum Gasteiger partial charge on any atom is -0.389 e. The highest BCUT2D eigenvalue weighted by Gasteiger charge is 2.08. The molecule has 0 saturated carbocycles. The van der Waals surface area contributed by atoms with Gasteiger partial charge in [0.15, 0.2) is 5.13 Å². The maximum Gasteiger partial charge on any atom is 0.230 e. The molecule has 0 spiro atoms. The van der Waals surface area contributed by atoms with Crippen molar-refractivity contribution < 1.29 is 4.79 Å². The molecule has 1 amide bonds. The van der Waals surface area contributed by atoms with Gasteiger partial charge in [-0.05, 0) is 19.4 Å². The number of amides is 1. The molecular weight excluding hydrogens is 290 g/mol. The molecule has 0 atom stereocenters. The second-order valence-electron chi connectivity index (χ2n) is 4.45. The molecule has 1 heterocycles. The number of hydrogen-bond acceptors (Lipinski definition) is 4. The van der Waals surface area contributed by atoms with Crippen LogP contribution in [0.15, 0.2) is 24.3 Å². The molecule has 0 aliphatic heterocycles. The number of rotatable bonds is 4. The Bertz CT molecular complexity index is 627. The van der Waals surface area contributed by atoms with Crippen LogP contribution in [-0.4, -0.2) is 15.9 Å². The smallest absolute Gasteiger partial charge is 0.230 e. The number of nitrogens with zero attached hydrogens (tertiary/aromatic N) is 1. The van der Waals surface area contributed by atoms with E-state index in [1.54, 1.807) is 0 Å².